The van der Waals surface area contributed by atoms with Gasteiger partial charge in [0.25, 0.3) is 0 Å². The molecule has 1 amide bonds. The lowest BCUT2D eigenvalue weighted by molar-refractivity contribution is -0.129. The number of likely N-dealkylation sites (tertiary alicyclic amines) is 1. The van der Waals surface area contributed by atoms with E-state index in [4.69, 9.17) is 5.11 Å². The Kier molecular flexibility index (Phi) is 2.51. The van der Waals surface area contributed by atoms with Crippen LogP contribution in [0.4, 0.5) is 0 Å². The SMILES string of the molecule is O=C1C(NC2CC2)CCN1CCO. The number of aliphatic hydroxyl groups excluding tert-OH is 1. The van der Waals surface area contributed by atoms with Crippen LogP contribution in [0.5, 0.6) is 0 Å². The molecule has 4 heteroatoms. The Balaban J connectivity index is 1.82. The Morgan fingerprint density at radius 3 is 2.85 bits per heavy atom. The lowest BCUT2D eigenvalue weighted by Gasteiger charge is -2.15. The van der Waals surface area contributed by atoms with Crippen molar-refractivity contribution >= 4 is 5.91 Å². The van der Waals surface area contributed by atoms with Gasteiger partial charge in [-0.15, -0.1) is 0 Å². The lowest BCUT2D eigenvalue weighted by Crippen LogP contribution is -2.40. The maximum Gasteiger partial charge on any atom is 0.239 e. The second-order valence-electron chi connectivity index (χ2n) is 3.83. The highest BCUT2D eigenvalue weighted by molar-refractivity contribution is 5.84. The molecule has 0 bridgehead atoms. The molecule has 1 aliphatic heterocycles. The summed E-state index contributed by atoms with van der Waals surface area (Å²) in [5, 5.41) is 12.0. The van der Waals surface area contributed by atoms with Gasteiger partial charge in [0.2, 0.25) is 5.91 Å². The molecule has 0 aromatic carbocycles. The van der Waals surface area contributed by atoms with Crippen LogP contribution in [0.15, 0.2) is 0 Å². The third-order valence-corrected chi connectivity index (χ3v) is 2.68. The summed E-state index contributed by atoms with van der Waals surface area (Å²) in [6, 6.07) is 0.613. The third-order valence-electron chi connectivity index (χ3n) is 2.68. The Morgan fingerprint density at radius 1 is 1.46 bits per heavy atom. The van der Waals surface area contributed by atoms with Crippen LogP contribution in [0.1, 0.15) is 19.3 Å². The molecule has 2 fully saturated rings. The van der Waals surface area contributed by atoms with E-state index in [0.29, 0.717) is 12.6 Å². The van der Waals surface area contributed by atoms with Crippen LogP contribution < -0.4 is 5.32 Å². The topological polar surface area (TPSA) is 52.6 Å². The average Bonchev–Trinajstić information content (AvgIpc) is 2.86. The molecule has 13 heavy (non-hydrogen) atoms. The summed E-state index contributed by atoms with van der Waals surface area (Å²) in [6.45, 7) is 1.35. The number of hydrogen-bond donors (Lipinski definition) is 2. The normalized spacial score (nSPS) is 28.5. The summed E-state index contributed by atoms with van der Waals surface area (Å²) in [7, 11) is 0. The quantitative estimate of drug-likeness (QED) is 0.609. The first-order chi connectivity index (χ1) is 6.31. The van der Waals surface area contributed by atoms with Crippen LogP contribution in [0.3, 0.4) is 0 Å². The first kappa shape index (κ1) is 8.97. The van der Waals surface area contributed by atoms with E-state index in [-0.39, 0.29) is 18.6 Å². The largest absolute Gasteiger partial charge is 0.395 e. The van der Waals surface area contributed by atoms with Gasteiger partial charge < -0.3 is 15.3 Å². The molecule has 2 aliphatic rings. The van der Waals surface area contributed by atoms with Gasteiger partial charge in [-0.25, -0.2) is 0 Å². The van der Waals surface area contributed by atoms with Gasteiger partial charge in [0.05, 0.1) is 12.6 Å². The lowest BCUT2D eigenvalue weighted by atomic mass is 10.2. The van der Waals surface area contributed by atoms with Gasteiger partial charge in [-0.1, -0.05) is 0 Å². The zero-order valence-electron chi connectivity index (χ0n) is 7.70. The summed E-state index contributed by atoms with van der Waals surface area (Å²) < 4.78 is 0. The number of carbonyl (C=O) groups is 1. The molecule has 2 N–H and O–H groups in total. The Labute approximate surface area is 77.9 Å². The molecule has 0 aromatic heterocycles. The minimum absolute atomic E-state index is 0.0269. The second kappa shape index (κ2) is 3.64. The highest BCUT2D eigenvalue weighted by Crippen LogP contribution is 2.22. The highest BCUT2D eigenvalue weighted by Gasteiger charge is 2.34. The zero-order valence-corrected chi connectivity index (χ0v) is 7.70. The maximum atomic E-state index is 11.6. The minimum Gasteiger partial charge on any atom is -0.395 e. The molecule has 0 spiro atoms. The summed E-state index contributed by atoms with van der Waals surface area (Å²) in [5.74, 6) is 0.168. The molecule has 2 rings (SSSR count). The van der Waals surface area contributed by atoms with Crippen molar-refractivity contribution in [2.45, 2.75) is 31.3 Å². The Bertz CT molecular complexity index is 204. The monoisotopic (exact) mass is 184 g/mol. The molecular formula is C9H16N2O2. The van der Waals surface area contributed by atoms with E-state index in [1.807, 2.05) is 0 Å². The first-order valence-corrected chi connectivity index (χ1v) is 4.97. The minimum atomic E-state index is 0.0269. The van der Waals surface area contributed by atoms with Crippen molar-refractivity contribution in [1.82, 2.24) is 10.2 Å². The van der Waals surface area contributed by atoms with Gasteiger partial charge >= 0.3 is 0 Å². The summed E-state index contributed by atoms with van der Waals surface area (Å²) in [4.78, 5) is 13.3. The smallest absolute Gasteiger partial charge is 0.239 e. The number of rotatable bonds is 4. The van der Waals surface area contributed by atoms with Crippen LogP contribution in [0, 0.1) is 0 Å². The molecule has 0 aromatic rings. The molecule has 1 saturated heterocycles. The molecule has 1 saturated carbocycles. The average molecular weight is 184 g/mol. The van der Waals surface area contributed by atoms with Crippen molar-refractivity contribution in [3.8, 4) is 0 Å². The number of aliphatic hydroxyl groups is 1. The van der Waals surface area contributed by atoms with E-state index in [1.54, 1.807) is 4.90 Å². The number of carbonyl (C=O) groups excluding carboxylic acids is 1. The van der Waals surface area contributed by atoms with Crippen molar-refractivity contribution in [3.63, 3.8) is 0 Å². The van der Waals surface area contributed by atoms with Gasteiger partial charge in [-0.3, -0.25) is 4.79 Å². The van der Waals surface area contributed by atoms with Crippen LogP contribution in [0.2, 0.25) is 0 Å². The summed E-state index contributed by atoms with van der Waals surface area (Å²) in [6.07, 6.45) is 3.32. The molecular weight excluding hydrogens is 168 g/mol. The summed E-state index contributed by atoms with van der Waals surface area (Å²) in [5.41, 5.74) is 0. The maximum absolute atomic E-state index is 11.6. The van der Waals surface area contributed by atoms with Crippen molar-refractivity contribution in [2.24, 2.45) is 0 Å². The zero-order chi connectivity index (χ0) is 9.26. The molecule has 74 valence electrons. The number of nitrogens with one attached hydrogen (secondary N) is 1. The van der Waals surface area contributed by atoms with E-state index in [0.717, 1.165) is 13.0 Å². The van der Waals surface area contributed by atoms with E-state index in [1.165, 1.54) is 12.8 Å². The van der Waals surface area contributed by atoms with E-state index >= 15 is 0 Å². The van der Waals surface area contributed by atoms with Crippen LogP contribution in [-0.4, -0.2) is 47.7 Å². The molecule has 1 heterocycles. The highest BCUT2D eigenvalue weighted by atomic mass is 16.3. The molecule has 1 aliphatic carbocycles. The number of hydrogen-bond acceptors (Lipinski definition) is 3. The van der Waals surface area contributed by atoms with E-state index in [2.05, 4.69) is 5.32 Å². The Hall–Kier alpha value is -0.610. The molecule has 4 nitrogen and oxygen atoms in total. The van der Waals surface area contributed by atoms with Gasteiger partial charge in [-0.05, 0) is 19.3 Å². The number of nitrogens with zero attached hydrogens (tertiary/aromatic N) is 1. The fraction of sp³-hybridized carbons (Fsp3) is 0.889. The predicted octanol–water partition coefficient (Wildman–Crippen LogP) is -0.668. The van der Waals surface area contributed by atoms with Crippen LogP contribution >= 0.6 is 0 Å². The van der Waals surface area contributed by atoms with E-state index < -0.39 is 0 Å². The van der Waals surface area contributed by atoms with Crippen molar-refractivity contribution in [1.29, 1.82) is 0 Å². The summed E-state index contributed by atoms with van der Waals surface area (Å²) >= 11 is 0. The fourth-order valence-corrected chi connectivity index (χ4v) is 1.77. The van der Waals surface area contributed by atoms with Crippen LogP contribution in [-0.2, 0) is 4.79 Å². The van der Waals surface area contributed by atoms with Crippen molar-refractivity contribution < 1.29 is 9.90 Å². The molecule has 1 atom stereocenters. The van der Waals surface area contributed by atoms with Crippen molar-refractivity contribution in [3.05, 3.63) is 0 Å². The van der Waals surface area contributed by atoms with Gasteiger partial charge in [-0.2, -0.15) is 0 Å². The van der Waals surface area contributed by atoms with Gasteiger partial charge in [0, 0.05) is 19.1 Å². The van der Waals surface area contributed by atoms with Crippen molar-refractivity contribution in [2.75, 3.05) is 19.7 Å². The number of amides is 1. The predicted molar refractivity (Wildman–Crippen MR) is 48.2 cm³/mol. The third kappa shape index (κ3) is 2.00. The first-order valence-electron chi connectivity index (χ1n) is 4.97. The van der Waals surface area contributed by atoms with Gasteiger partial charge in [0.1, 0.15) is 0 Å². The Morgan fingerprint density at radius 2 is 2.23 bits per heavy atom. The number of β-amino-alcohol motifs (C(OH)–C–C–N with tert-alkyl or cyclic N) is 1. The van der Waals surface area contributed by atoms with Gasteiger partial charge in [0.15, 0.2) is 0 Å². The van der Waals surface area contributed by atoms with Crippen LogP contribution in [0.25, 0.3) is 0 Å². The molecule has 1 unspecified atom stereocenters. The fourth-order valence-electron chi connectivity index (χ4n) is 1.77. The standard InChI is InChI=1S/C9H16N2O2/c12-6-5-11-4-3-8(9(11)13)10-7-1-2-7/h7-8,10,12H,1-6H2. The second-order valence-corrected chi connectivity index (χ2v) is 3.83. The van der Waals surface area contributed by atoms with E-state index in [9.17, 15) is 4.79 Å². The molecule has 0 radical (unpaired) electrons.